The van der Waals surface area contributed by atoms with E-state index in [4.69, 9.17) is 4.74 Å². The van der Waals surface area contributed by atoms with Crippen molar-refractivity contribution in [1.29, 1.82) is 0 Å². The van der Waals surface area contributed by atoms with Crippen LogP contribution >= 0.6 is 0 Å². The van der Waals surface area contributed by atoms with Crippen LogP contribution in [0.25, 0.3) is 0 Å². The number of aliphatic hydroxyl groups is 1. The molecule has 1 aromatic carbocycles. The van der Waals surface area contributed by atoms with Gasteiger partial charge in [-0.05, 0) is 51.6 Å². The second kappa shape index (κ2) is 7.45. The molecule has 146 valence electrons. The highest BCUT2D eigenvalue weighted by atomic mass is 19.1. The van der Waals surface area contributed by atoms with Crippen LogP contribution in [0.15, 0.2) is 24.3 Å². The number of rotatable bonds is 7. The first-order chi connectivity index (χ1) is 12.3. The van der Waals surface area contributed by atoms with Gasteiger partial charge in [0, 0.05) is 18.7 Å². The van der Waals surface area contributed by atoms with Gasteiger partial charge in [-0.25, -0.2) is 4.39 Å². The molecule has 0 bridgehead atoms. The van der Waals surface area contributed by atoms with E-state index in [1.165, 1.54) is 0 Å². The van der Waals surface area contributed by atoms with Gasteiger partial charge in [-0.15, -0.1) is 0 Å². The Morgan fingerprint density at radius 1 is 1.38 bits per heavy atom. The lowest BCUT2D eigenvalue weighted by Crippen LogP contribution is -2.60. The van der Waals surface area contributed by atoms with Crippen LogP contribution in [0.3, 0.4) is 0 Å². The van der Waals surface area contributed by atoms with Crippen molar-refractivity contribution < 1.29 is 14.2 Å². The van der Waals surface area contributed by atoms with Gasteiger partial charge in [0.1, 0.15) is 17.5 Å². The highest BCUT2D eigenvalue weighted by Gasteiger charge is 2.52. The minimum atomic E-state index is -0.684. The van der Waals surface area contributed by atoms with Gasteiger partial charge in [0.05, 0.1) is 11.6 Å². The zero-order valence-corrected chi connectivity index (χ0v) is 16.4. The van der Waals surface area contributed by atoms with Crippen LogP contribution in [0.5, 0.6) is 5.75 Å². The zero-order valence-electron chi connectivity index (χ0n) is 16.4. The van der Waals surface area contributed by atoms with Crippen molar-refractivity contribution in [2.24, 2.45) is 11.8 Å². The summed E-state index contributed by atoms with van der Waals surface area (Å²) in [6.07, 6.45) is 0.966. The molecule has 1 fully saturated rings. The molecule has 0 saturated heterocycles. The Balaban J connectivity index is 2.09. The first kappa shape index (κ1) is 19.6. The highest BCUT2D eigenvalue weighted by Crippen LogP contribution is 2.49. The second-order valence-electron chi connectivity index (χ2n) is 8.51. The number of halogens is 1. The molecular weight excluding hydrogens is 331 g/mol. The molecule has 0 radical (unpaired) electrons. The van der Waals surface area contributed by atoms with E-state index in [2.05, 4.69) is 31.4 Å². The second-order valence-corrected chi connectivity index (χ2v) is 8.51. The molecule has 0 aromatic heterocycles. The zero-order chi connectivity index (χ0) is 18.9. The summed E-state index contributed by atoms with van der Waals surface area (Å²) in [6, 6.07) is 7.98. The minimum Gasteiger partial charge on any atom is -0.486 e. The molecule has 2 unspecified atom stereocenters. The summed E-state index contributed by atoms with van der Waals surface area (Å²) in [5, 5.41) is 18.1. The molecule has 5 atom stereocenters. The van der Waals surface area contributed by atoms with E-state index in [1.54, 1.807) is 0 Å². The number of hydrogen-bond acceptors (Lipinski definition) is 4. The summed E-state index contributed by atoms with van der Waals surface area (Å²) in [5.41, 5.74) is -0.0708. The number of hydrogen-bond donors (Lipinski definition) is 3. The third-order valence-corrected chi connectivity index (χ3v) is 6.01. The van der Waals surface area contributed by atoms with Crippen molar-refractivity contribution in [3.8, 4) is 5.75 Å². The monoisotopic (exact) mass is 364 g/mol. The van der Waals surface area contributed by atoms with Gasteiger partial charge < -0.3 is 20.5 Å². The Labute approximate surface area is 156 Å². The van der Waals surface area contributed by atoms with Crippen molar-refractivity contribution in [3.63, 3.8) is 0 Å². The summed E-state index contributed by atoms with van der Waals surface area (Å²) in [7, 11) is 1.85. The topological polar surface area (TPSA) is 53.5 Å². The van der Waals surface area contributed by atoms with Gasteiger partial charge in [0.25, 0.3) is 0 Å². The minimum absolute atomic E-state index is 0.116. The number of benzene rings is 1. The van der Waals surface area contributed by atoms with Gasteiger partial charge in [-0.1, -0.05) is 31.5 Å². The molecule has 2 aliphatic rings. The fourth-order valence-electron chi connectivity index (χ4n) is 4.47. The van der Waals surface area contributed by atoms with Crippen molar-refractivity contribution in [1.82, 2.24) is 10.6 Å². The highest BCUT2D eigenvalue weighted by molar-refractivity contribution is 5.42. The first-order valence-electron chi connectivity index (χ1n) is 9.84. The number of aliphatic hydroxyl groups excluding tert-OH is 1. The molecule has 0 amide bonds. The molecule has 4 nitrogen and oxygen atoms in total. The third-order valence-electron chi connectivity index (χ3n) is 6.01. The fourth-order valence-corrected chi connectivity index (χ4v) is 4.47. The maximum absolute atomic E-state index is 13.7. The summed E-state index contributed by atoms with van der Waals surface area (Å²) >= 11 is 0. The first-order valence-corrected chi connectivity index (χ1v) is 9.84. The Bertz CT molecular complexity index is 624. The van der Waals surface area contributed by atoms with Crippen LogP contribution in [-0.2, 0) is 5.54 Å². The Morgan fingerprint density at radius 3 is 2.69 bits per heavy atom. The van der Waals surface area contributed by atoms with E-state index in [0.717, 1.165) is 24.2 Å². The lowest BCUT2D eigenvalue weighted by atomic mass is 9.70. The number of alkyl halides is 1. The van der Waals surface area contributed by atoms with E-state index in [-0.39, 0.29) is 11.8 Å². The molecule has 1 aliphatic heterocycles. The number of nitrogens with one attached hydrogen (secondary N) is 2. The number of ether oxygens (including phenoxy) is 1. The van der Waals surface area contributed by atoms with Crippen LogP contribution < -0.4 is 15.4 Å². The molecule has 5 heteroatoms. The van der Waals surface area contributed by atoms with Crippen molar-refractivity contribution in [2.75, 3.05) is 20.1 Å². The average molecular weight is 365 g/mol. The summed E-state index contributed by atoms with van der Waals surface area (Å²) in [6.45, 7) is 7.31. The fraction of sp³-hybridized carbons (Fsp3) is 0.714. The molecule has 1 aliphatic carbocycles. The maximum Gasteiger partial charge on any atom is 0.125 e. The smallest absolute Gasteiger partial charge is 0.125 e. The molecule has 0 spiro atoms. The van der Waals surface area contributed by atoms with Crippen LogP contribution in [0.1, 0.15) is 45.6 Å². The van der Waals surface area contributed by atoms with Gasteiger partial charge in [0.2, 0.25) is 0 Å². The van der Waals surface area contributed by atoms with Crippen LogP contribution in [0.4, 0.5) is 4.39 Å². The van der Waals surface area contributed by atoms with Crippen LogP contribution in [0.2, 0.25) is 0 Å². The standard InChI is InChI=1S/C21H33FN2O2/c1-5-15(10-14-11-17(14)22)21(19(25)12-23-4)16-8-6-7-9-18(16)26-20(2,3)13-24-21/h6-9,14-15,17,19,23-25H,5,10-13H2,1-4H3/t14-,15?,17-,19?,21+/m0/s1. The van der Waals surface area contributed by atoms with Crippen molar-refractivity contribution in [3.05, 3.63) is 29.8 Å². The van der Waals surface area contributed by atoms with Crippen molar-refractivity contribution in [2.45, 2.75) is 63.4 Å². The molecule has 1 heterocycles. The largest absolute Gasteiger partial charge is 0.486 e. The summed E-state index contributed by atoms with van der Waals surface area (Å²) in [4.78, 5) is 0. The average Bonchev–Trinajstić information content (AvgIpc) is 3.31. The van der Waals surface area contributed by atoms with Gasteiger partial charge >= 0.3 is 0 Å². The molecule has 3 rings (SSSR count). The van der Waals surface area contributed by atoms with Crippen molar-refractivity contribution >= 4 is 0 Å². The van der Waals surface area contributed by atoms with E-state index < -0.39 is 23.4 Å². The van der Waals surface area contributed by atoms with Crippen LogP contribution in [-0.4, -0.2) is 43.1 Å². The molecule has 3 N–H and O–H groups in total. The lowest BCUT2D eigenvalue weighted by Gasteiger charge is -2.45. The Hall–Kier alpha value is -1.17. The van der Waals surface area contributed by atoms with Gasteiger partial charge in [0.15, 0.2) is 0 Å². The molecule has 1 saturated carbocycles. The van der Waals surface area contributed by atoms with Crippen LogP contribution in [0, 0.1) is 11.8 Å². The third kappa shape index (κ3) is 3.62. The molecule has 1 aromatic rings. The lowest BCUT2D eigenvalue weighted by molar-refractivity contribution is 0.00592. The number of para-hydroxylation sites is 1. The summed E-state index contributed by atoms with van der Waals surface area (Å²) in [5.74, 6) is 1.05. The quantitative estimate of drug-likeness (QED) is 0.696. The maximum atomic E-state index is 13.7. The van der Waals surface area contributed by atoms with E-state index in [9.17, 15) is 9.50 Å². The Kier molecular flexibility index (Phi) is 5.61. The van der Waals surface area contributed by atoms with Gasteiger partial charge in [-0.2, -0.15) is 0 Å². The molecular formula is C21H33FN2O2. The predicted molar refractivity (Wildman–Crippen MR) is 102 cm³/mol. The number of likely N-dealkylation sites (N-methyl/N-ethyl adjacent to an activating group) is 1. The normalized spacial score (nSPS) is 32.1. The van der Waals surface area contributed by atoms with E-state index in [0.29, 0.717) is 19.5 Å². The summed E-state index contributed by atoms with van der Waals surface area (Å²) < 4.78 is 20.0. The molecule has 26 heavy (non-hydrogen) atoms. The predicted octanol–water partition coefficient (Wildman–Crippen LogP) is 3.00. The number of fused-ring (bicyclic) bond motifs is 1. The SMILES string of the molecule is CCC(C[C@H]1C[C@@H]1F)[C@@]1(C(O)CNC)NCC(C)(C)Oc2ccccc21. The van der Waals surface area contributed by atoms with E-state index in [1.807, 2.05) is 31.3 Å². The Morgan fingerprint density at radius 2 is 2.08 bits per heavy atom. The van der Waals surface area contributed by atoms with E-state index >= 15 is 0 Å². The van der Waals surface area contributed by atoms with Gasteiger partial charge in [-0.3, -0.25) is 0 Å².